The zero-order valence-corrected chi connectivity index (χ0v) is 9.57. The number of benzene rings is 1. The quantitative estimate of drug-likeness (QED) is 0.783. The molecule has 0 radical (unpaired) electrons. The molecule has 1 aromatic carbocycles. The van der Waals surface area contributed by atoms with E-state index >= 15 is 0 Å². The van der Waals surface area contributed by atoms with Crippen molar-refractivity contribution in [2.45, 2.75) is 12.2 Å². The molecule has 0 aliphatic carbocycles. The molecule has 0 aliphatic heterocycles. The molecule has 0 bridgehead atoms. The van der Waals surface area contributed by atoms with Crippen molar-refractivity contribution in [3.63, 3.8) is 0 Å². The van der Waals surface area contributed by atoms with Gasteiger partial charge >= 0.3 is 10.2 Å². The zero-order chi connectivity index (χ0) is 10.9. The van der Waals surface area contributed by atoms with Crippen LogP contribution in [-0.2, 0) is 10.2 Å². The molecule has 0 aliphatic rings. The average Bonchev–Trinajstić information content (AvgIpc) is 2.06. The van der Waals surface area contributed by atoms with E-state index in [4.69, 9.17) is 0 Å². The van der Waals surface area contributed by atoms with Gasteiger partial charge in [-0.15, -0.1) is 3.89 Å². The third kappa shape index (κ3) is 2.51. The van der Waals surface area contributed by atoms with E-state index in [0.717, 1.165) is 13.0 Å². The highest BCUT2D eigenvalue weighted by Crippen LogP contribution is 2.27. The molecule has 1 unspecified atom stereocenters. The molecule has 0 fully saturated rings. The number of rotatable bonds is 2. The van der Waals surface area contributed by atoms with E-state index in [1.54, 1.807) is 0 Å². The molecule has 0 saturated heterocycles. The van der Waals surface area contributed by atoms with Crippen molar-refractivity contribution in [3.05, 3.63) is 34.1 Å². The largest absolute Gasteiger partial charge is 0.309 e. The van der Waals surface area contributed by atoms with E-state index in [9.17, 15) is 16.7 Å². The average molecular weight is 285 g/mol. The molecule has 1 aromatic rings. The fraction of sp³-hybridized carbons (Fsp3) is 0.250. The SMILES string of the molecule is CC(c1cc(Br)ccc1F)S(=O)(=O)F. The standard InChI is InChI=1S/C8H7BrF2O2S/c1-5(14(11,12)13)7-4-6(9)2-3-8(7)10/h2-5H,1H3. The summed E-state index contributed by atoms with van der Waals surface area (Å²) in [5.74, 6) is -0.734. The predicted octanol–water partition coefficient (Wildman–Crippen LogP) is 2.95. The first-order valence-corrected chi connectivity index (χ1v) is 5.95. The highest BCUT2D eigenvalue weighted by Gasteiger charge is 2.24. The Morgan fingerprint density at radius 2 is 2.00 bits per heavy atom. The third-order valence-corrected chi connectivity index (χ3v) is 3.41. The van der Waals surface area contributed by atoms with Gasteiger partial charge in [0.15, 0.2) is 0 Å². The normalized spacial score (nSPS) is 14.0. The minimum Gasteiger partial charge on any atom is -0.207 e. The van der Waals surface area contributed by atoms with Gasteiger partial charge in [-0.25, -0.2) is 4.39 Å². The first-order valence-electron chi connectivity index (χ1n) is 3.71. The predicted molar refractivity (Wildman–Crippen MR) is 52.5 cm³/mol. The van der Waals surface area contributed by atoms with E-state index in [1.165, 1.54) is 12.1 Å². The van der Waals surface area contributed by atoms with Gasteiger partial charge in [0.2, 0.25) is 0 Å². The Morgan fingerprint density at radius 1 is 1.43 bits per heavy atom. The van der Waals surface area contributed by atoms with E-state index < -0.39 is 21.3 Å². The van der Waals surface area contributed by atoms with Crippen molar-refractivity contribution in [1.82, 2.24) is 0 Å². The Labute approximate surface area is 89.3 Å². The molecule has 2 nitrogen and oxygen atoms in total. The number of hydrogen-bond donors (Lipinski definition) is 0. The van der Waals surface area contributed by atoms with Gasteiger partial charge in [-0.1, -0.05) is 15.9 Å². The maximum Gasteiger partial charge on any atom is 0.309 e. The van der Waals surface area contributed by atoms with E-state index in [1.807, 2.05) is 0 Å². The van der Waals surface area contributed by atoms with E-state index in [2.05, 4.69) is 15.9 Å². The maximum absolute atomic E-state index is 13.1. The maximum atomic E-state index is 13.1. The van der Waals surface area contributed by atoms with Crippen LogP contribution >= 0.6 is 15.9 Å². The fourth-order valence-electron chi connectivity index (χ4n) is 0.978. The van der Waals surface area contributed by atoms with Gasteiger partial charge in [-0.05, 0) is 25.1 Å². The van der Waals surface area contributed by atoms with Gasteiger partial charge in [-0.3, -0.25) is 0 Å². The Balaban J connectivity index is 3.26. The van der Waals surface area contributed by atoms with Gasteiger partial charge in [0.05, 0.1) is 0 Å². The lowest BCUT2D eigenvalue weighted by atomic mass is 10.1. The highest BCUT2D eigenvalue weighted by molar-refractivity contribution is 9.10. The van der Waals surface area contributed by atoms with Crippen LogP contribution in [0.1, 0.15) is 17.7 Å². The van der Waals surface area contributed by atoms with Gasteiger partial charge in [0, 0.05) is 10.0 Å². The Bertz CT molecular complexity index is 445. The highest BCUT2D eigenvalue weighted by atomic mass is 79.9. The summed E-state index contributed by atoms with van der Waals surface area (Å²) in [4.78, 5) is 0. The minimum atomic E-state index is -4.76. The van der Waals surface area contributed by atoms with E-state index in [0.29, 0.717) is 4.47 Å². The molecule has 14 heavy (non-hydrogen) atoms. The van der Waals surface area contributed by atoms with Crippen LogP contribution < -0.4 is 0 Å². The van der Waals surface area contributed by atoms with Crippen molar-refractivity contribution in [2.75, 3.05) is 0 Å². The lowest BCUT2D eigenvalue weighted by Gasteiger charge is -2.08. The van der Waals surface area contributed by atoms with Crippen molar-refractivity contribution in [1.29, 1.82) is 0 Å². The summed E-state index contributed by atoms with van der Waals surface area (Å²) in [5, 5.41) is -1.49. The molecule has 0 amide bonds. The topological polar surface area (TPSA) is 34.1 Å². The molecule has 78 valence electrons. The van der Waals surface area contributed by atoms with Crippen molar-refractivity contribution in [3.8, 4) is 0 Å². The van der Waals surface area contributed by atoms with Crippen LogP contribution in [0.3, 0.4) is 0 Å². The fourth-order valence-corrected chi connectivity index (χ4v) is 1.84. The molecule has 6 heteroatoms. The Morgan fingerprint density at radius 3 is 2.50 bits per heavy atom. The van der Waals surface area contributed by atoms with Gasteiger partial charge in [0.25, 0.3) is 0 Å². The van der Waals surface area contributed by atoms with Crippen LogP contribution in [0.2, 0.25) is 0 Å². The van der Waals surface area contributed by atoms with Crippen LogP contribution in [0.5, 0.6) is 0 Å². The lowest BCUT2D eigenvalue weighted by Crippen LogP contribution is -2.06. The molecular weight excluding hydrogens is 278 g/mol. The second kappa shape index (κ2) is 3.94. The first kappa shape index (κ1) is 11.6. The van der Waals surface area contributed by atoms with Crippen LogP contribution in [0.25, 0.3) is 0 Å². The van der Waals surface area contributed by atoms with Gasteiger partial charge in [-0.2, -0.15) is 8.42 Å². The van der Waals surface area contributed by atoms with Crippen LogP contribution in [0.4, 0.5) is 8.28 Å². The summed E-state index contributed by atoms with van der Waals surface area (Å²) >= 11 is 3.05. The lowest BCUT2D eigenvalue weighted by molar-refractivity contribution is 0.533. The van der Waals surface area contributed by atoms with Gasteiger partial charge in [0.1, 0.15) is 11.1 Å². The van der Waals surface area contributed by atoms with Crippen molar-refractivity contribution < 1.29 is 16.7 Å². The monoisotopic (exact) mass is 284 g/mol. The smallest absolute Gasteiger partial charge is 0.207 e. The first-order chi connectivity index (χ1) is 6.32. The molecular formula is C8H7BrF2O2S. The molecule has 1 atom stereocenters. The molecule has 0 spiro atoms. The summed E-state index contributed by atoms with van der Waals surface area (Å²) in [7, 11) is -4.76. The van der Waals surface area contributed by atoms with Crippen molar-refractivity contribution >= 4 is 26.2 Å². The molecule has 1 rings (SSSR count). The minimum absolute atomic E-state index is 0.179. The molecule has 0 N–H and O–H groups in total. The second-order valence-corrected chi connectivity index (χ2v) is 5.36. The van der Waals surface area contributed by atoms with Crippen LogP contribution in [0.15, 0.2) is 22.7 Å². The summed E-state index contributed by atoms with van der Waals surface area (Å²) in [6, 6.07) is 3.74. The molecule has 0 heterocycles. The van der Waals surface area contributed by atoms with Crippen LogP contribution in [-0.4, -0.2) is 8.42 Å². The number of hydrogen-bond acceptors (Lipinski definition) is 2. The molecule has 0 aromatic heterocycles. The number of halogens is 3. The Kier molecular flexibility index (Phi) is 3.26. The second-order valence-electron chi connectivity index (χ2n) is 2.78. The van der Waals surface area contributed by atoms with Crippen LogP contribution in [0, 0.1) is 5.82 Å². The third-order valence-electron chi connectivity index (χ3n) is 1.82. The summed E-state index contributed by atoms with van der Waals surface area (Å²) in [5.41, 5.74) is -0.179. The zero-order valence-electron chi connectivity index (χ0n) is 7.17. The van der Waals surface area contributed by atoms with E-state index in [-0.39, 0.29) is 5.56 Å². The Hall–Kier alpha value is -0.490. The molecule has 0 saturated carbocycles. The summed E-state index contributed by atoms with van der Waals surface area (Å²) < 4.78 is 47.3. The summed E-state index contributed by atoms with van der Waals surface area (Å²) in [6.07, 6.45) is 0. The van der Waals surface area contributed by atoms with Crippen molar-refractivity contribution in [2.24, 2.45) is 0 Å². The van der Waals surface area contributed by atoms with Gasteiger partial charge < -0.3 is 0 Å². The summed E-state index contributed by atoms with van der Waals surface area (Å²) in [6.45, 7) is 1.10.